The van der Waals surface area contributed by atoms with E-state index in [2.05, 4.69) is 5.32 Å². The van der Waals surface area contributed by atoms with Gasteiger partial charge in [0.1, 0.15) is 18.3 Å². The van der Waals surface area contributed by atoms with Gasteiger partial charge in [-0.15, -0.1) is 0 Å². The minimum Gasteiger partial charge on any atom is -0.494 e. The summed E-state index contributed by atoms with van der Waals surface area (Å²) in [6.45, 7) is 7.06. The number of ether oxygens (including phenoxy) is 1. The number of nitrogens with zero attached hydrogens (tertiary/aromatic N) is 2. The van der Waals surface area contributed by atoms with Crippen LogP contribution in [0.1, 0.15) is 33.3 Å². The number of hydrogen-bond donors (Lipinski definition) is 1. The van der Waals surface area contributed by atoms with E-state index in [1.54, 1.807) is 55.5 Å². The predicted octanol–water partition coefficient (Wildman–Crippen LogP) is 5.53. The standard InChI is InChI=1S/C29H33Cl2N3O5S/c1-5-39-26-14-12-25(13-15-26)34(40(37,38)27-16-10-24(31)11-17-27)19-28(35)33(21(4)29(36)32-20(2)3)18-22-6-8-23(30)9-7-22/h6-17,20-21H,5,18-19H2,1-4H3,(H,32,36)/t21-/m0/s1. The van der Waals surface area contributed by atoms with Crippen LogP contribution in [0.15, 0.2) is 77.7 Å². The lowest BCUT2D eigenvalue weighted by Gasteiger charge is -2.32. The van der Waals surface area contributed by atoms with Crippen LogP contribution in [0.4, 0.5) is 5.69 Å². The summed E-state index contributed by atoms with van der Waals surface area (Å²) in [5.41, 5.74) is 0.993. The molecule has 0 saturated carbocycles. The number of carbonyl (C=O) groups excluding carboxylic acids is 2. The Balaban J connectivity index is 2.02. The van der Waals surface area contributed by atoms with Crippen molar-refractivity contribution in [3.05, 3.63) is 88.4 Å². The van der Waals surface area contributed by atoms with Crippen LogP contribution in [-0.4, -0.2) is 50.4 Å². The summed E-state index contributed by atoms with van der Waals surface area (Å²) in [5.74, 6) is -0.358. The number of nitrogens with one attached hydrogen (secondary N) is 1. The Hall–Kier alpha value is -3.27. The van der Waals surface area contributed by atoms with E-state index in [1.807, 2.05) is 20.8 Å². The SMILES string of the molecule is CCOc1ccc(N(CC(=O)N(Cc2ccc(Cl)cc2)[C@@H](C)C(=O)NC(C)C)S(=O)(=O)c2ccc(Cl)cc2)cc1. The maximum Gasteiger partial charge on any atom is 0.264 e. The molecule has 3 aromatic carbocycles. The largest absolute Gasteiger partial charge is 0.494 e. The van der Waals surface area contributed by atoms with Crippen LogP contribution in [0.2, 0.25) is 10.0 Å². The first kappa shape index (κ1) is 31.3. The molecule has 0 aliphatic carbocycles. The molecule has 0 unspecified atom stereocenters. The van der Waals surface area contributed by atoms with Crippen molar-refractivity contribution in [1.82, 2.24) is 10.2 Å². The minimum atomic E-state index is -4.20. The lowest BCUT2D eigenvalue weighted by molar-refractivity contribution is -0.139. The van der Waals surface area contributed by atoms with E-state index in [-0.39, 0.29) is 29.1 Å². The van der Waals surface area contributed by atoms with Gasteiger partial charge in [-0.2, -0.15) is 0 Å². The van der Waals surface area contributed by atoms with E-state index in [1.165, 1.54) is 29.2 Å². The fourth-order valence-electron chi connectivity index (χ4n) is 3.91. The van der Waals surface area contributed by atoms with E-state index < -0.39 is 28.5 Å². The lowest BCUT2D eigenvalue weighted by Crippen LogP contribution is -2.52. The molecule has 40 heavy (non-hydrogen) atoms. The number of sulfonamides is 1. The van der Waals surface area contributed by atoms with Gasteiger partial charge in [-0.3, -0.25) is 13.9 Å². The Morgan fingerprint density at radius 1 is 0.875 bits per heavy atom. The van der Waals surface area contributed by atoms with Gasteiger partial charge in [-0.1, -0.05) is 35.3 Å². The predicted molar refractivity (Wildman–Crippen MR) is 158 cm³/mol. The molecule has 0 saturated heterocycles. The number of halogens is 2. The van der Waals surface area contributed by atoms with E-state index in [0.717, 1.165) is 9.87 Å². The van der Waals surface area contributed by atoms with Crippen LogP contribution >= 0.6 is 23.2 Å². The van der Waals surface area contributed by atoms with Gasteiger partial charge < -0.3 is 15.0 Å². The molecule has 11 heteroatoms. The molecule has 0 aromatic heterocycles. The van der Waals surface area contributed by atoms with Gasteiger partial charge in [0.05, 0.1) is 17.2 Å². The maximum absolute atomic E-state index is 13.9. The second-order valence-corrected chi connectivity index (χ2v) is 12.1. The van der Waals surface area contributed by atoms with Crippen molar-refractivity contribution in [2.45, 2.75) is 51.2 Å². The molecule has 3 rings (SSSR count). The van der Waals surface area contributed by atoms with E-state index >= 15 is 0 Å². The second-order valence-electron chi connectivity index (χ2n) is 9.38. The third-order valence-electron chi connectivity index (χ3n) is 5.98. The normalized spacial score (nSPS) is 12.1. The first-order chi connectivity index (χ1) is 18.9. The summed E-state index contributed by atoms with van der Waals surface area (Å²) in [6.07, 6.45) is 0. The highest BCUT2D eigenvalue weighted by Gasteiger charge is 2.32. The Morgan fingerprint density at radius 2 is 1.43 bits per heavy atom. The molecule has 0 aliphatic heterocycles. The zero-order chi connectivity index (χ0) is 29.4. The van der Waals surface area contributed by atoms with Gasteiger partial charge >= 0.3 is 0 Å². The van der Waals surface area contributed by atoms with Gasteiger partial charge in [0, 0.05) is 22.6 Å². The molecule has 2 amide bonds. The van der Waals surface area contributed by atoms with Crippen LogP contribution in [-0.2, 0) is 26.2 Å². The summed E-state index contributed by atoms with van der Waals surface area (Å²) in [5, 5.41) is 3.73. The van der Waals surface area contributed by atoms with Crippen LogP contribution in [0, 0.1) is 0 Å². The average molecular weight is 607 g/mol. The molecule has 0 spiro atoms. The Bertz CT molecular complexity index is 1400. The second kappa shape index (κ2) is 13.9. The molecule has 0 heterocycles. The van der Waals surface area contributed by atoms with E-state index in [0.29, 0.717) is 22.4 Å². The molecule has 3 aromatic rings. The highest BCUT2D eigenvalue weighted by Crippen LogP contribution is 2.27. The summed E-state index contributed by atoms with van der Waals surface area (Å²) >= 11 is 12.0. The van der Waals surface area contributed by atoms with Gasteiger partial charge in [0.25, 0.3) is 10.0 Å². The Labute approximate surface area is 245 Å². The fourth-order valence-corrected chi connectivity index (χ4v) is 5.58. The van der Waals surface area contributed by atoms with Gasteiger partial charge in [0.2, 0.25) is 11.8 Å². The number of carbonyl (C=O) groups is 2. The third-order valence-corrected chi connectivity index (χ3v) is 8.27. The molecule has 1 N–H and O–H groups in total. The highest BCUT2D eigenvalue weighted by atomic mass is 35.5. The molecule has 0 aliphatic rings. The van der Waals surface area contributed by atoms with Crippen LogP contribution in [0.3, 0.4) is 0 Å². The summed E-state index contributed by atoms with van der Waals surface area (Å²) in [4.78, 5) is 28.2. The molecule has 1 atom stereocenters. The molecule has 0 fully saturated rings. The first-order valence-corrected chi connectivity index (χ1v) is 15.0. The monoisotopic (exact) mass is 605 g/mol. The molecule has 0 bridgehead atoms. The zero-order valence-corrected chi connectivity index (χ0v) is 25.1. The average Bonchev–Trinajstić information content (AvgIpc) is 2.91. The van der Waals surface area contributed by atoms with Crippen molar-refractivity contribution in [1.29, 1.82) is 0 Å². The van der Waals surface area contributed by atoms with Crippen molar-refractivity contribution >= 4 is 50.7 Å². The molecule has 214 valence electrons. The molecular formula is C29H33Cl2N3O5S. The summed E-state index contributed by atoms with van der Waals surface area (Å²) in [6, 6.07) is 18.0. The number of benzene rings is 3. The fraction of sp³-hybridized carbons (Fsp3) is 0.310. The highest BCUT2D eigenvalue weighted by molar-refractivity contribution is 7.92. The van der Waals surface area contributed by atoms with Gasteiger partial charge in [-0.05, 0) is 93.9 Å². The van der Waals surface area contributed by atoms with Crippen molar-refractivity contribution < 1.29 is 22.7 Å². The van der Waals surface area contributed by atoms with Crippen molar-refractivity contribution in [3.63, 3.8) is 0 Å². The maximum atomic E-state index is 13.9. The minimum absolute atomic E-state index is 0.0339. The number of anilines is 1. The zero-order valence-electron chi connectivity index (χ0n) is 22.8. The van der Waals surface area contributed by atoms with Crippen LogP contribution < -0.4 is 14.4 Å². The van der Waals surface area contributed by atoms with Crippen molar-refractivity contribution in [2.75, 3.05) is 17.5 Å². The lowest BCUT2D eigenvalue weighted by atomic mass is 10.1. The smallest absolute Gasteiger partial charge is 0.264 e. The number of rotatable bonds is 12. The van der Waals surface area contributed by atoms with Crippen LogP contribution in [0.5, 0.6) is 5.75 Å². The molecule has 8 nitrogen and oxygen atoms in total. The van der Waals surface area contributed by atoms with Gasteiger partial charge in [-0.25, -0.2) is 8.42 Å². The summed E-state index contributed by atoms with van der Waals surface area (Å²) in [7, 11) is -4.20. The first-order valence-electron chi connectivity index (χ1n) is 12.8. The van der Waals surface area contributed by atoms with Crippen LogP contribution in [0.25, 0.3) is 0 Å². The van der Waals surface area contributed by atoms with E-state index in [9.17, 15) is 18.0 Å². The van der Waals surface area contributed by atoms with Gasteiger partial charge in [0.15, 0.2) is 0 Å². The quantitative estimate of drug-likeness (QED) is 0.293. The molecule has 0 radical (unpaired) electrons. The van der Waals surface area contributed by atoms with Crippen molar-refractivity contribution in [2.24, 2.45) is 0 Å². The Morgan fingerprint density at radius 3 is 1.95 bits per heavy atom. The topological polar surface area (TPSA) is 96.0 Å². The van der Waals surface area contributed by atoms with Crippen molar-refractivity contribution in [3.8, 4) is 5.75 Å². The Kier molecular flexibility index (Phi) is 10.8. The number of hydrogen-bond acceptors (Lipinski definition) is 5. The molecular weight excluding hydrogens is 573 g/mol. The van der Waals surface area contributed by atoms with E-state index in [4.69, 9.17) is 27.9 Å². The number of amides is 2. The summed E-state index contributed by atoms with van der Waals surface area (Å²) < 4.78 is 34.2. The third kappa shape index (κ3) is 8.13.